The van der Waals surface area contributed by atoms with E-state index in [4.69, 9.17) is 16.3 Å². The fourth-order valence-electron chi connectivity index (χ4n) is 4.21. The van der Waals surface area contributed by atoms with Gasteiger partial charge in [0.15, 0.2) is 0 Å². The highest BCUT2D eigenvalue weighted by Crippen LogP contribution is 2.24. The van der Waals surface area contributed by atoms with Gasteiger partial charge in [0.2, 0.25) is 11.8 Å². The lowest BCUT2D eigenvalue weighted by atomic mass is 10.1. The third-order valence-electron chi connectivity index (χ3n) is 5.96. The zero-order chi connectivity index (χ0) is 23.1. The Bertz CT molecular complexity index is 926. The first-order valence-corrected chi connectivity index (χ1v) is 11.5. The number of nitrogens with one attached hydrogen (secondary N) is 1. The van der Waals surface area contributed by atoms with Crippen LogP contribution in [0.1, 0.15) is 50.2 Å². The molecule has 32 heavy (non-hydrogen) atoms. The van der Waals surface area contributed by atoms with Crippen LogP contribution < -0.4 is 10.1 Å². The van der Waals surface area contributed by atoms with Crippen LogP contribution in [0, 0.1) is 5.82 Å². The van der Waals surface area contributed by atoms with Crippen molar-refractivity contribution in [2.24, 2.45) is 0 Å². The van der Waals surface area contributed by atoms with Crippen molar-refractivity contribution < 1.29 is 18.7 Å². The smallest absolute Gasteiger partial charge is 0.243 e. The summed E-state index contributed by atoms with van der Waals surface area (Å²) < 4.78 is 19.7. The zero-order valence-corrected chi connectivity index (χ0v) is 19.3. The summed E-state index contributed by atoms with van der Waals surface area (Å²) >= 11 is 6.16. The van der Waals surface area contributed by atoms with Gasteiger partial charge >= 0.3 is 0 Å². The van der Waals surface area contributed by atoms with E-state index in [1.54, 1.807) is 13.2 Å². The summed E-state index contributed by atoms with van der Waals surface area (Å²) in [6.07, 6.45) is 4.33. The standard InChI is InChI=1S/C25H30ClFN2O3/c1-3-23(25(31)28-18-9-4-5-10-18)29(16-17-8-6-11-19(14-17)32-2)24(30)15-20-21(26)12-7-13-22(20)27/h6-8,11-14,18,23H,3-5,9-10,15-16H2,1-2H3,(H,28,31)/t23-/m1/s1. The largest absolute Gasteiger partial charge is 0.497 e. The topological polar surface area (TPSA) is 58.6 Å². The second-order valence-corrected chi connectivity index (χ2v) is 8.57. The molecule has 0 aliphatic heterocycles. The molecule has 1 saturated carbocycles. The van der Waals surface area contributed by atoms with Crippen molar-refractivity contribution >= 4 is 23.4 Å². The van der Waals surface area contributed by atoms with Crippen LogP contribution in [0.4, 0.5) is 4.39 Å². The molecule has 0 saturated heterocycles. The second-order valence-electron chi connectivity index (χ2n) is 8.16. The molecule has 0 unspecified atom stereocenters. The number of methoxy groups -OCH3 is 1. The molecule has 7 heteroatoms. The third kappa shape index (κ3) is 6.00. The van der Waals surface area contributed by atoms with Crippen LogP contribution in [0.25, 0.3) is 0 Å². The van der Waals surface area contributed by atoms with Crippen LogP contribution in [0.15, 0.2) is 42.5 Å². The van der Waals surface area contributed by atoms with Crippen molar-refractivity contribution in [2.75, 3.05) is 7.11 Å². The number of hydrogen-bond acceptors (Lipinski definition) is 3. The Labute approximate surface area is 193 Å². The van der Waals surface area contributed by atoms with E-state index < -0.39 is 11.9 Å². The highest BCUT2D eigenvalue weighted by molar-refractivity contribution is 6.31. The van der Waals surface area contributed by atoms with E-state index in [2.05, 4.69) is 5.32 Å². The van der Waals surface area contributed by atoms with Gasteiger partial charge in [0, 0.05) is 23.2 Å². The van der Waals surface area contributed by atoms with Crippen molar-refractivity contribution in [1.29, 1.82) is 0 Å². The summed E-state index contributed by atoms with van der Waals surface area (Å²) in [6, 6.07) is 11.2. The minimum Gasteiger partial charge on any atom is -0.497 e. The van der Waals surface area contributed by atoms with E-state index in [0.717, 1.165) is 31.2 Å². The molecule has 2 aromatic rings. The van der Waals surface area contributed by atoms with E-state index in [0.29, 0.717) is 12.2 Å². The molecule has 1 aliphatic rings. The average Bonchev–Trinajstić information content (AvgIpc) is 3.29. The summed E-state index contributed by atoms with van der Waals surface area (Å²) in [6.45, 7) is 2.08. The van der Waals surface area contributed by atoms with Gasteiger partial charge < -0.3 is 15.0 Å². The van der Waals surface area contributed by atoms with Crippen molar-refractivity contribution in [3.05, 3.63) is 64.4 Å². The third-order valence-corrected chi connectivity index (χ3v) is 6.32. The first-order valence-electron chi connectivity index (χ1n) is 11.1. The highest BCUT2D eigenvalue weighted by atomic mass is 35.5. The molecule has 2 aromatic carbocycles. The van der Waals surface area contributed by atoms with Gasteiger partial charge in [-0.25, -0.2) is 4.39 Å². The SMILES string of the molecule is CC[C@H](C(=O)NC1CCCC1)N(Cc1cccc(OC)c1)C(=O)Cc1c(F)cccc1Cl. The Morgan fingerprint density at radius 3 is 2.59 bits per heavy atom. The minimum absolute atomic E-state index is 0.140. The van der Waals surface area contributed by atoms with Crippen LogP contribution in [0.3, 0.4) is 0 Å². The number of hydrogen-bond donors (Lipinski definition) is 1. The molecule has 1 atom stereocenters. The van der Waals surface area contributed by atoms with Gasteiger partial charge in [0.25, 0.3) is 0 Å². The lowest BCUT2D eigenvalue weighted by Gasteiger charge is -2.32. The molecular formula is C25H30ClFN2O3. The molecule has 172 valence electrons. The predicted molar refractivity (Wildman–Crippen MR) is 123 cm³/mol. The second kappa shape index (κ2) is 11.3. The first kappa shape index (κ1) is 24.1. The van der Waals surface area contributed by atoms with Gasteiger partial charge in [-0.1, -0.05) is 49.6 Å². The monoisotopic (exact) mass is 460 g/mol. The average molecular weight is 461 g/mol. The van der Waals surface area contributed by atoms with Crippen LogP contribution in [-0.4, -0.2) is 35.9 Å². The van der Waals surface area contributed by atoms with Gasteiger partial charge in [-0.15, -0.1) is 0 Å². The maximum absolute atomic E-state index is 14.4. The fourth-order valence-corrected chi connectivity index (χ4v) is 4.44. The van der Waals surface area contributed by atoms with Crippen molar-refractivity contribution in [1.82, 2.24) is 10.2 Å². The van der Waals surface area contributed by atoms with E-state index >= 15 is 0 Å². The van der Waals surface area contributed by atoms with Crippen LogP contribution in [-0.2, 0) is 22.6 Å². The number of rotatable bonds is 9. The predicted octanol–water partition coefficient (Wildman–Crippen LogP) is 4.90. The molecule has 1 N–H and O–H groups in total. The summed E-state index contributed by atoms with van der Waals surface area (Å²) in [5.41, 5.74) is 0.963. The van der Waals surface area contributed by atoms with E-state index in [1.807, 2.05) is 31.2 Å². The number of amides is 2. The Kier molecular flexibility index (Phi) is 8.51. The van der Waals surface area contributed by atoms with Gasteiger partial charge in [-0.3, -0.25) is 9.59 Å². The molecule has 0 spiro atoms. The Morgan fingerprint density at radius 2 is 1.94 bits per heavy atom. The van der Waals surface area contributed by atoms with E-state index in [1.165, 1.54) is 17.0 Å². The summed E-state index contributed by atoms with van der Waals surface area (Å²) in [4.78, 5) is 28.1. The van der Waals surface area contributed by atoms with E-state index in [-0.39, 0.29) is 41.4 Å². The normalized spacial score (nSPS) is 14.8. The van der Waals surface area contributed by atoms with Crippen molar-refractivity contribution in [2.45, 2.75) is 64.1 Å². The number of ether oxygens (including phenoxy) is 1. The molecule has 1 aliphatic carbocycles. The number of benzene rings is 2. The zero-order valence-electron chi connectivity index (χ0n) is 18.6. The lowest BCUT2D eigenvalue weighted by Crippen LogP contribution is -2.51. The molecule has 5 nitrogen and oxygen atoms in total. The summed E-state index contributed by atoms with van der Waals surface area (Å²) in [5, 5.41) is 3.30. The fraction of sp³-hybridized carbons (Fsp3) is 0.440. The summed E-state index contributed by atoms with van der Waals surface area (Å²) in [5.74, 6) is -0.394. The van der Waals surface area contributed by atoms with Gasteiger partial charge in [0.1, 0.15) is 17.6 Å². The van der Waals surface area contributed by atoms with E-state index in [9.17, 15) is 14.0 Å². The first-order chi connectivity index (χ1) is 15.4. The Morgan fingerprint density at radius 1 is 1.22 bits per heavy atom. The Balaban J connectivity index is 1.87. The van der Waals surface area contributed by atoms with Gasteiger partial charge in [0.05, 0.1) is 13.5 Å². The lowest BCUT2D eigenvalue weighted by molar-refractivity contribution is -0.141. The minimum atomic E-state index is -0.667. The number of carbonyl (C=O) groups excluding carboxylic acids is 2. The summed E-state index contributed by atoms with van der Waals surface area (Å²) in [7, 11) is 1.58. The molecule has 3 rings (SSSR count). The Hall–Kier alpha value is -2.60. The van der Waals surface area contributed by atoms with Crippen LogP contribution in [0.5, 0.6) is 5.75 Å². The van der Waals surface area contributed by atoms with Crippen LogP contribution in [0.2, 0.25) is 5.02 Å². The highest BCUT2D eigenvalue weighted by Gasteiger charge is 2.31. The van der Waals surface area contributed by atoms with Crippen molar-refractivity contribution in [3.63, 3.8) is 0 Å². The maximum Gasteiger partial charge on any atom is 0.243 e. The van der Waals surface area contributed by atoms with Gasteiger partial charge in [-0.2, -0.15) is 0 Å². The molecule has 2 amide bonds. The molecule has 0 bridgehead atoms. The van der Waals surface area contributed by atoms with Gasteiger partial charge in [-0.05, 0) is 49.1 Å². The maximum atomic E-state index is 14.4. The molecule has 0 aromatic heterocycles. The quantitative estimate of drug-likeness (QED) is 0.579. The molecule has 0 heterocycles. The van der Waals surface area contributed by atoms with Crippen LogP contribution >= 0.6 is 11.6 Å². The number of carbonyl (C=O) groups is 2. The molecular weight excluding hydrogens is 431 g/mol. The molecule has 0 radical (unpaired) electrons. The van der Waals surface area contributed by atoms with Crippen molar-refractivity contribution in [3.8, 4) is 5.75 Å². The number of halogens is 2. The molecule has 1 fully saturated rings. The number of nitrogens with zero attached hydrogens (tertiary/aromatic N) is 1.